The number of anilines is 2. The fraction of sp³-hybridized carbons (Fsp3) is 0.538. The van der Waals surface area contributed by atoms with Gasteiger partial charge in [-0.3, -0.25) is 4.90 Å². The maximum Gasteiger partial charge on any atom is 0.184 e. The molecule has 5 heteroatoms. The highest BCUT2D eigenvalue weighted by Crippen LogP contribution is 2.30. The van der Waals surface area contributed by atoms with Gasteiger partial charge in [0.25, 0.3) is 0 Å². The van der Waals surface area contributed by atoms with E-state index in [0.29, 0.717) is 24.8 Å². The van der Waals surface area contributed by atoms with Gasteiger partial charge in [-0.2, -0.15) is 0 Å². The van der Waals surface area contributed by atoms with Gasteiger partial charge >= 0.3 is 0 Å². The van der Waals surface area contributed by atoms with E-state index in [1.54, 1.807) is 0 Å². The summed E-state index contributed by atoms with van der Waals surface area (Å²) in [7, 11) is 0. The maximum atomic E-state index is 13.8. The van der Waals surface area contributed by atoms with Crippen LogP contribution in [-0.4, -0.2) is 37.1 Å². The van der Waals surface area contributed by atoms with Crippen molar-refractivity contribution in [1.82, 2.24) is 4.90 Å². The first kappa shape index (κ1) is 13.1. The Kier molecular flexibility index (Phi) is 3.71. The second kappa shape index (κ2) is 5.10. The van der Waals surface area contributed by atoms with Crippen LogP contribution in [0.25, 0.3) is 0 Å². The number of hydrogen-bond donors (Lipinski definition) is 1. The van der Waals surface area contributed by atoms with Gasteiger partial charge in [0.05, 0.1) is 11.4 Å². The standard InChI is InChI=1S/C13H19F2N3/c1-3-17-6-7-18(8-9(17)2)13-11(16)5-4-10(14)12(13)15/h4-5,9H,3,6-8,16H2,1-2H3. The van der Waals surface area contributed by atoms with Crippen molar-refractivity contribution in [2.24, 2.45) is 0 Å². The van der Waals surface area contributed by atoms with E-state index in [4.69, 9.17) is 5.73 Å². The summed E-state index contributed by atoms with van der Waals surface area (Å²) in [4.78, 5) is 4.15. The lowest BCUT2D eigenvalue weighted by atomic mass is 10.1. The van der Waals surface area contributed by atoms with Crippen molar-refractivity contribution in [3.63, 3.8) is 0 Å². The van der Waals surface area contributed by atoms with Crippen LogP contribution in [0.2, 0.25) is 0 Å². The van der Waals surface area contributed by atoms with E-state index < -0.39 is 11.6 Å². The SMILES string of the molecule is CCN1CCN(c2c(N)ccc(F)c2F)CC1C. The Hall–Kier alpha value is -1.36. The molecule has 1 aliphatic rings. The molecule has 0 amide bonds. The van der Waals surface area contributed by atoms with Crippen LogP contribution in [0.5, 0.6) is 0 Å². The average Bonchev–Trinajstić information content (AvgIpc) is 2.35. The maximum absolute atomic E-state index is 13.8. The molecule has 1 fully saturated rings. The highest BCUT2D eigenvalue weighted by molar-refractivity contribution is 5.68. The zero-order valence-electron chi connectivity index (χ0n) is 10.8. The minimum atomic E-state index is -0.843. The topological polar surface area (TPSA) is 32.5 Å². The number of hydrogen-bond acceptors (Lipinski definition) is 3. The van der Waals surface area contributed by atoms with Gasteiger partial charge in [-0.05, 0) is 25.6 Å². The predicted molar refractivity (Wildman–Crippen MR) is 69.7 cm³/mol. The van der Waals surface area contributed by atoms with Crippen LogP contribution in [-0.2, 0) is 0 Å². The third-order valence-electron chi connectivity index (χ3n) is 3.59. The monoisotopic (exact) mass is 255 g/mol. The molecular formula is C13H19F2N3. The van der Waals surface area contributed by atoms with Gasteiger partial charge in [-0.1, -0.05) is 6.92 Å². The molecule has 18 heavy (non-hydrogen) atoms. The quantitative estimate of drug-likeness (QED) is 0.821. The van der Waals surface area contributed by atoms with Crippen LogP contribution in [0.1, 0.15) is 13.8 Å². The first-order valence-corrected chi connectivity index (χ1v) is 6.27. The van der Waals surface area contributed by atoms with E-state index in [1.807, 2.05) is 4.90 Å². The summed E-state index contributed by atoms with van der Waals surface area (Å²) in [5.41, 5.74) is 6.28. The Balaban J connectivity index is 2.26. The van der Waals surface area contributed by atoms with Crippen LogP contribution < -0.4 is 10.6 Å². The molecule has 0 radical (unpaired) electrons. The molecule has 1 aromatic carbocycles. The fourth-order valence-electron chi connectivity index (χ4n) is 2.54. The minimum absolute atomic E-state index is 0.206. The first-order valence-electron chi connectivity index (χ1n) is 6.27. The number of rotatable bonds is 2. The summed E-state index contributed by atoms with van der Waals surface area (Å²) >= 11 is 0. The number of nitrogen functional groups attached to an aromatic ring is 1. The number of piperazine rings is 1. The van der Waals surface area contributed by atoms with Crippen molar-refractivity contribution in [2.75, 3.05) is 36.8 Å². The lowest BCUT2D eigenvalue weighted by molar-refractivity contribution is 0.199. The summed E-state index contributed by atoms with van der Waals surface area (Å²) in [6.45, 7) is 7.33. The van der Waals surface area contributed by atoms with E-state index >= 15 is 0 Å². The smallest absolute Gasteiger partial charge is 0.184 e. The Morgan fingerprint density at radius 3 is 2.67 bits per heavy atom. The van der Waals surface area contributed by atoms with Crippen LogP contribution in [0.3, 0.4) is 0 Å². The minimum Gasteiger partial charge on any atom is -0.397 e. The molecule has 0 aliphatic carbocycles. The van der Waals surface area contributed by atoms with Crippen molar-refractivity contribution in [2.45, 2.75) is 19.9 Å². The highest BCUT2D eigenvalue weighted by Gasteiger charge is 2.26. The number of nitrogens with zero attached hydrogens (tertiary/aromatic N) is 2. The second-order valence-corrected chi connectivity index (χ2v) is 4.72. The molecular weight excluding hydrogens is 236 g/mol. The molecule has 0 aromatic heterocycles. The largest absolute Gasteiger partial charge is 0.397 e. The van der Waals surface area contributed by atoms with Gasteiger partial charge in [-0.15, -0.1) is 0 Å². The Morgan fingerprint density at radius 2 is 2.06 bits per heavy atom. The van der Waals surface area contributed by atoms with Gasteiger partial charge in [0.2, 0.25) is 0 Å². The van der Waals surface area contributed by atoms with Crippen LogP contribution >= 0.6 is 0 Å². The highest BCUT2D eigenvalue weighted by atomic mass is 19.2. The number of nitrogens with two attached hydrogens (primary N) is 1. The Labute approximate surface area is 106 Å². The molecule has 3 nitrogen and oxygen atoms in total. The molecule has 1 saturated heterocycles. The number of benzene rings is 1. The van der Waals surface area contributed by atoms with Crippen molar-refractivity contribution < 1.29 is 8.78 Å². The van der Waals surface area contributed by atoms with Crippen molar-refractivity contribution >= 4 is 11.4 Å². The molecule has 0 spiro atoms. The van der Waals surface area contributed by atoms with Crippen LogP contribution in [0, 0.1) is 11.6 Å². The number of halogens is 2. The fourth-order valence-corrected chi connectivity index (χ4v) is 2.54. The molecule has 1 aliphatic heterocycles. The zero-order valence-corrected chi connectivity index (χ0v) is 10.8. The van der Waals surface area contributed by atoms with E-state index in [-0.39, 0.29) is 5.69 Å². The van der Waals surface area contributed by atoms with Gasteiger partial charge in [0, 0.05) is 25.7 Å². The summed E-state index contributed by atoms with van der Waals surface area (Å²) < 4.78 is 27.1. The molecule has 2 N–H and O–H groups in total. The van der Waals surface area contributed by atoms with E-state index in [2.05, 4.69) is 18.7 Å². The Bertz CT molecular complexity index is 436. The summed E-state index contributed by atoms with van der Waals surface area (Å²) in [6, 6.07) is 2.80. The van der Waals surface area contributed by atoms with Crippen molar-refractivity contribution in [1.29, 1.82) is 0 Å². The normalized spacial score (nSPS) is 21.3. The van der Waals surface area contributed by atoms with Gasteiger partial charge < -0.3 is 10.6 Å². The second-order valence-electron chi connectivity index (χ2n) is 4.72. The summed E-state index contributed by atoms with van der Waals surface area (Å²) in [5.74, 6) is -1.68. The molecule has 1 atom stereocenters. The zero-order chi connectivity index (χ0) is 13.3. The van der Waals surface area contributed by atoms with Crippen LogP contribution in [0.4, 0.5) is 20.2 Å². The third kappa shape index (κ3) is 2.27. The van der Waals surface area contributed by atoms with Crippen molar-refractivity contribution in [3.05, 3.63) is 23.8 Å². The van der Waals surface area contributed by atoms with Crippen LogP contribution in [0.15, 0.2) is 12.1 Å². The first-order chi connectivity index (χ1) is 8.54. The Morgan fingerprint density at radius 1 is 1.33 bits per heavy atom. The summed E-state index contributed by atoms with van der Waals surface area (Å²) in [6.07, 6.45) is 0. The predicted octanol–water partition coefficient (Wildman–Crippen LogP) is 2.08. The molecule has 100 valence electrons. The van der Waals surface area contributed by atoms with E-state index in [9.17, 15) is 8.78 Å². The van der Waals surface area contributed by atoms with Gasteiger partial charge in [-0.25, -0.2) is 8.78 Å². The lowest BCUT2D eigenvalue weighted by Gasteiger charge is -2.40. The lowest BCUT2D eigenvalue weighted by Crippen LogP contribution is -2.52. The van der Waals surface area contributed by atoms with Crippen molar-refractivity contribution in [3.8, 4) is 0 Å². The summed E-state index contributed by atoms with van der Waals surface area (Å²) in [5, 5.41) is 0. The van der Waals surface area contributed by atoms with E-state index in [0.717, 1.165) is 19.2 Å². The van der Waals surface area contributed by atoms with Gasteiger partial charge in [0.15, 0.2) is 11.6 Å². The number of likely N-dealkylation sites (N-methyl/N-ethyl adjacent to an activating group) is 1. The van der Waals surface area contributed by atoms with Gasteiger partial charge in [0.1, 0.15) is 0 Å². The molecule has 0 bridgehead atoms. The average molecular weight is 255 g/mol. The molecule has 1 unspecified atom stereocenters. The molecule has 1 heterocycles. The molecule has 0 saturated carbocycles. The van der Waals surface area contributed by atoms with E-state index in [1.165, 1.54) is 6.07 Å². The third-order valence-corrected chi connectivity index (χ3v) is 3.59. The molecule has 1 aromatic rings. The molecule has 2 rings (SSSR count).